The maximum atomic E-state index is 6.30. The molecule has 4 aromatic rings. The van der Waals surface area contributed by atoms with E-state index in [1.54, 1.807) is 6.07 Å². The SMILES string of the molecule is Clc1ccc(COc2cccc3ccc(N4CCc5ccccc5C4)nc23)c(Cl)c1. The van der Waals surface area contributed by atoms with Crippen LogP contribution in [0.15, 0.2) is 72.8 Å². The molecule has 0 saturated heterocycles. The van der Waals surface area contributed by atoms with Crippen molar-refractivity contribution in [3.05, 3.63) is 99.5 Å². The number of para-hydroxylation sites is 1. The maximum Gasteiger partial charge on any atom is 0.146 e. The summed E-state index contributed by atoms with van der Waals surface area (Å²) < 4.78 is 6.12. The summed E-state index contributed by atoms with van der Waals surface area (Å²) in [4.78, 5) is 7.30. The van der Waals surface area contributed by atoms with Crippen LogP contribution < -0.4 is 9.64 Å². The molecule has 0 unspecified atom stereocenters. The van der Waals surface area contributed by atoms with Gasteiger partial charge in [-0.15, -0.1) is 0 Å². The van der Waals surface area contributed by atoms with E-state index in [4.69, 9.17) is 32.9 Å². The predicted molar refractivity (Wildman–Crippen MR) is 124 cm³/mol. The Morgan fingerprint density at radius 3 is 2.63 bits per heavy atom. The van der Waals surface area contributed by atoms with Crippen molar-refractivity contribution in [3.8, 4) is 5.75 Å². The van der Waals surface area contributed by atoms with E-state index in [2.05, 4.69) is 47.4 Å². The van der Waals surface area contributed by atoms with Gasteiger partial charge in [-0.3, -0.25) is 0 Å². The number of benzene rings is 3. The van der Waals surface area contributed by atoms with E-state index < -0.39 is 0 Å². The molecule has 5 heteroatoms. The summed E-state index contributed by atoms with van der Waals surface area (Å²) in [5.74, 6) is 1.72. The molecule has 0 N–H and O–H groups in total. The van der Waals surface area contributed by atoms with Gasteiger partial charge in [-0.05, 0) is 47.9 Å². The third-order valence-corrected chi connectivity index (χ3v) is 6.11. The lowest BCUT2D eigenvalue weighted by Gasteiger charge is -2.30. The van der Waals surface area contributed by atoms with E-state index in [1.807, 2.05) is 24.3 Å². The molecular formula is C25H20Cl2N2O. The van der Waals surface area contributed by atoms with Gasteiger partial charge >= 0.3 is 0 Å². The number of aromatic nitrogens is 1. The minimum Gasteiger partial charge on any atom is -0.487 e. The highest BCUT2D eigenvalue weighted by Crippen LogP contribution is 2.30. The first kappa shape index (κ1) is 19.2. The molecule has 0 bridgehead atoms. The Kier molecular flexibility index (Phi) is 5.24. The first-order valence-corrected chi connectivity index (χ1v) is 10.7. The first-order valence-electron chi connectivity index (χ1n) is 9.95. The zero-order valence-corrected chi connectivity index (χ0v) is 17.8. The van der Waals surface area contributed by atoms with Crippen molar-refractivity contribution >= 4 is 39.9 Å². The molecule has 1 aliphatic heterocycles. The second-order valence-electron chi connectivity index (χ2n) is 7.46. The second-order valence-corrected chi connectivity index (χ2v) is 8.31. The normalized spacial score (nSPS) is 13.3. The van der Waals surface area contributed by atoms with Gasteiger partial charge in [0.25, 0.3) is 0 Å². The molecule has 1 aliphatic rings. The van der Waals surface area contributed by atoms with Crippen molar-refractivity contribution in [1.29, 1.82) is 0 Å². The van der Waals surface area contributed by atoms with Crippen LogP contribution in [0.5, 0.6) is 5.75 Å². The lowest BCUT2D eigenvalue weighted by atomic mass is 10.00. The summed E-state index contributed by atoms with van der Waals surface area (Å²) in [6.45, 7) is 2.19. The fraction of sp³-hybridized carbons (Fsp3) is 0.160. The Morgan fingerprint density at radius 1 is 0.900 bits per heavy atom. The number of rotatable bonds is 4. The number of anilines is 1. The summed E-state index contributed by atoms with van der Waals surface area (Å²) in [5, 5.41) is 2.27. The lowest BCUT2D eigenvalue weighted by Crippen LogP contribution is -2.30. The number of nitrogens with zero attached hydrogens (tertiary/aromatic N) is 2. The first-order chi connectivity index (χ1) is 14.7. The van der Waals surface area contributed by atoms with Crippen LogP contribution in [0.4, 0.5) is 5.82 Å². The van der Waals surface area contributed by atoms with Crippen molar-refractivity contribution in [1.82, 2.24) is 4.98 Å². The van der Waals surface area contributed by atoms with Crippen LogP contribution in [-0.4, -0.2) is 11.5 Å². The van der Waals surface area contributed by atoms with E-state index in [1.165, 1.54) is 11.1 Å². The van der Waals surface area contributed by atoms with Gasteiger partial charge in [-0.25, -0.2) is 4.98 Å². The minimum absolute atomic E-state index is 0.359. The highest BCUT2D eigenvalue weighted by molar-refractivity contribution is 6.35. The van der Waals surface area contributed by atoms with Crippen LogP contribution in [0, 0.1) is 0 Å². The van der Waals surface area contributed by atoms with Gasteiger partial charge in [0.2, 0.25) is 0 Å². The van der Waals surface area contributed by atoms with Gasteiger partial charge < -0.3 is 9.64 Å². The Balaban J connectivity index is 1.43. The fourth-order valence-electron chi connectivity index (χ4n) is 3.89. The van der Waals surface area contributed by atoms with Gasteiger partial charge in [0.15, 0.2) is 0 Å². The summed E-state index contributed by atoms with van der Waals surface area (Å²) >= 11 is 12.3. The van der Waals surface area contributed by atoms with E-state index >= 15 is 0 Å². The van der Waals surface area contributed by atoms with Crippen LogP contribution in [0.2, 0.25) is 10.0 Å². The quantitative estimate of drug-likeness (QED) is 0.357. The number of halogens is 2. The number of ether oxygens (including phenoxy) is 1. The van der Waals surface area contributed by atoms with E-state index in [0.717, 1.165) is 47.5 Å². The van der Waals surface area contributed by atoms with Crippen molar-refractivity contribution in [3.63, 3.8) is 0 Å². The molecule has 5 rings (SSSR count). The largest absolute Gasteiger partial charge is 0.487 e. The van der Waals surface area contributed by atoms with E-state index in [-0.39, 0.29) is 0 Å². The third kappa shape index (κ3) is 3.83. The Bertz CT molecular complexity index is 1220. The summed E-state index contributed by atoms with van der Waals surface area (Å²) in [5.41, 5.74) is 4.55. The topological polar surface area (TPSA) is 25.4 Å². The number of hydrogen-bond donors (Lipinski definition) is 0. The molecule has 3 nitrogen and oxygen atoms in total. The Morgan fingerprint density at radius 2 is 1.77 bits per heavy atom. The summed E-state index contributed by atoms with van der Waals surface area (Å²) in [6.07, 6.45) is 1.03. The standard InChI is InChI=1S/C25H20Cl2N2O/c26-21-10-8-20(22(27)14-21)16-30-23-7-3-6-18-9-11-24(28-25(18)23)29-13-12-17-4-1-2-5-19(17)15-29/h1-11,14H,12-13,15-16H2. The number of pyridine rings is 1. The Labute approximate surface area is 185 Å². The van der Waals surface area contributed by atoms with Crippen molar-refractivity contribution in [2.24, 2.45) is 0 Å². The molecule has 0 radical (unpaired) electrons. The van der Waals surface area contributed by atoms with Crippen LogP contribution in [0.3, 0.4) is 0 Å². The van der Waals surface area contributed by atoms with Gasteiger partial charge in [0.05, 0.1) is 0 Å². The zero-order valence-electron chi connectivity index (χ0n) is 16.3. The molecular weight excluding hydrogens is 415 g/mol. The summed E-state index contributed by atoms with van der Waals surface area (Å²) in [7, 11) is 0. The monoisotopic (exact) mass is 434 g/mol. The van der Waals surface area contributed by atoms with Crippen molar-refractivity contribution < 1.29 is 4.74 Å². The average molecular weight is 435 g/mol. The molecule has 0 fully saturated rings. The smallest absolute Gasteiger partial charge is 0.146 e. The third-order valence-electron chi connectivity index (χ3n) is 5.52. The van der Waals surface area contributed by atoms with E-state index in [9.17, 15) is 0 Å². The molecule has 0 saturated carbocycles. The molecule has 1 aromatic heterocycles. The van der Waals surface area contributed by atoms with Gasteiger partial charge in [-0.1, -0.05) is 65.7 Å². The molecule has 30 heavy (non-hydrogen) atoms. The van der Waals surface area contributed by atoms with Crippen molar-refractivity contribution in [2.75, 3.05) is 11.4 Å². The minimum atomic E-state index is 0.359. The van der Waals surface area contributed by atoms with Crippen LogP contribution in [0.1, 0.15) is 16.7 Å². The maximum absolute atomic E-state index is 6.30. The zero-order chi connectivity index (χ0) is 20.5. The van der Waals surface area contributed by atoms with Crippen molar-refractivity contribution in [2.45, 2.75) is 19.6 Å². The average Bonchev–Trinajstić information content (AvgIpc) is 2.78. The second kappa shape index (κ2) is 8.17. The molecule has 3 aromatic carbocycles. The van der Waals surface area contributed by atoms with Crippen LogP contribution in [-0.2, 0) is 19.6 Å². The predicted octanol–water partition coefficient (Wildman–Crippen LogP) is 6.68. The van der Waals surface area contributed by atoms with Gasteiger partial charge in [0.1, 0.15) is 23.7 Å². The highest BCUT2D eigenvalue weighted by atomic mass is 35.5. The Hall–Kier alpha value is -2.75. The van der Waals surface area contributed by atoms with Gasteiger partial charge in [0, 0.05) is 34.1 Å². The molecule has 0 spiro atoms. The summed E-state index contributed by atoms with van der Waals surface area (Å²) in [6, 6.07) is 24.3. The van der Waals surface area contributed by atoms with E-state index in [0.29, 0.717) is 16.7 Å². The number of hydrogen-bond acceptors (Lipinski definition) is 3. The van der Waals surface area contributed by atoms with Crippen LogP contribution >= 0.6 is 23.2 Å². The number of fused-ring (bicyclic) bond motifs is 2. The molecule has 2 heterocycles. The van der Waals surface area contributed by atoms with Crippen LogP contribution in [0.25, 0.3) is 10.9 Å². The highest BCUT2D eigenvalue weighted by Gasteiger charge is 2.18. The van der Waals surface area contributed by atoms with Gasteiger partial charge in [-0.2, -0.15) is 0 Å². The molecule has 0 atom stereocenters. The fourth-order valence-corrected chi connectivity index (χ4v) is 4.35. The molecule has 150 valence electrons. The molecule has 0 aliphatic carbocycles. The lowest BCUT2D eigenvalue weighted by molar-refractivity contribution is 0.309. The molecule has 0 amide bonds.